The van der Waals surface area contributed by atoms with Crippen LogP contribution in [0.4, 0.5) is 5.82 Å². The normalized spacial score (nSPS) is 24.2. The second-order valence-corrected chi connectivity index (χ2v) is 11.1. The molecule has 1 aromatic carbocycles. The number of carbonyl (C=O) groups is 2. The molecule has 35 heavy (non-hydrogen) atoms. The number of hydrogen-bond donors (Lipinski definition) is 2. The third-order valence-corrected chi connectivity index (χ3v) is 8.77. The van der Waals surface area contributed by atoms with E-state index in [9.17, 15) is 9.59 Å². The number of anilines is 1. The lowest BCUT2D eigenvalue weighted by molar-refractivity contribution is -0.128. The second kappa shape index (κ2) is 8.63. The van der Waals surface area contributed by atoms with E-state index in [1.54, 1.807) is 6.20 Å². The molecule has 1 amide bonds. The Morgan fingerprint density at radius 1 is 1.17 bits per heavy atom. The molecule has 7 heteroatoms. The van der Waals surface area contributed by atoms with Gasteiger partial charge in [0.25, 0.3) is 0 Å². The van der Waals surface area contributed by atoms with Crippen molar-refractivity contribution in [1.29, 1.82) is 0 Å². The van der Waals surface area contributed by atoms with Gasteiger partial charge in [-0.1, -0.05) is 6.07 Å². The highest BCUT2D eigenvalue weighted by Gasteiger charge is 2.45. The Hall–Kier alpha value is -2.93. The summed E-state index contributed by atoms with van der Waals surface area (Å²) in [5.41, 5.74) is 3.51. The number of piperidine rings is 2. The summed E-state index contributed by atoms with van der Waals surface area (Å²) in [6.45, 7) is 9.13. The average Bonchev–Trinajstić information content (AvgIpc) is 3.43. The first-order valence-electron chi connectivity index (χ1n) is 13.2. The van der Waals surface area contributed by atoms with Crippen LogP contribution in [0.25, 0.3) is 21.8 Å². The minimum atomic E-state index is -0.322. The van der Waals surface area contributed by atoms with Crippen molar-refractivity contribution in [3.05, 3.63) is 35.5 Å². The number of likely N-dealkylation sites (tertiary alicyclic amines) is 1. The zero-order valence-corrected chi connectivity index (χ0v) is 20.8. The molecule has 1 spiro atoms. The molecule has 7 nitrogen and oxygen atoms in total. The number of aldehydes is 1. The summed E-state index contributed by atoms with van der Waals surface area (Å²) in [4.78, 5) is 37.8. The Morgan fingerprint density at radius 2 is 2.00 bits per heavy atom. The van der Waals surface area contributed by atoms with E-state index in [-0.39, 0.29) is 11.3 Å². The number of fused-ring (bicyclic) bond motifs is 3. The number of H-pyrrole nitrogens is 1. The van der Waals surface area contributed by atoms with E-state index in [0.29, 0.717) is 24.1 Å². The predicted molar refractivity (Wildman–Crippen MR) is 139 cm³/mol. The summed E-state index contributed by atoms with van der Waals surface area (Å²) in [6.07, 6.45) is 7.68. The molecule has 1 atom stereocenters. The molecule has 5 heterocycles. The van der Waals surface area contributed by atoms with Crippen molar-refractivity contribution in [2.24, 2.45) is 5.41 Å². The van der Waals surface area contributed by atoms with Gasteiger partial charge in [-0.15, -0.1) is 0 Å². The number of hydrogen-bond acceptors (Lipinski definition) is 5. The Balaban J connectivity index is 1.42. The molecule has 1 unspecified atom stereocenters. The largest absolute Gasteiger partial charge is 0.356 e. The lowest BCUT2D eigenvalue weighted by Crippen LogP contribution is -2.47. The molecule has 3 saturated heterocycles. The minimum absolute atomic E-state index is 0.178. The molecular weight excluding hydrogens is 438 g/mol. The van der Waals surface area contributed by atoms with Crippen molar-refractivity contribution in [1.82, 2.24) is 20.2 Å². The number of nitrogens with one attached hydrogen (secondary N) is 2. The monoisotopic (exact) mass is 473 g/mol. The van der Waals surface area contributed by atoms with Gasteiger partial charge < -0.3 is 20.1 Å². The number of rotatable bonds is 4. The Kier molecular flexibility index (Phi) is 5.55. The maximum atomic E-state index is 12.7. The molecule has 184 valence electrons. The maximum absolute atomic E-state index is 12.7. The fraction of sp³-hybridized carbons (Fsp3) is 0.536. The van der Waals surface area contributed by atoms with E-state index in [1.807, 2.05) is 0 Å². The van der Waals surface area contributed by atoms with Gasteiger partial charge in [-0.05, 0) is 82.7 Å². The van der Waals surface area contributed by atoms with Crippen LogP contribution in [0.1, 0.15) is 67.8 Å². The number of nitrogens with zero attached hydrogens (tertiary/aromatic N) is 3. The third kappa shape index (κ3) is 3.71. The number of aromatic nitrogens is 2. The van der Waals surface area contributed by atoms with Gasteiger partial charge in [0, 0.05) is 42.8 Å². The standard InChI is InChI=1S/C28H35N5O2/c1-18(2)32-12-6-19(7-13-32)20-4-5-23-22(14-20)24-25(31-23)21(16-34)15-30-26(24)33-11-3-8-28(17-33)9-10-29-27(28)35/h4-5,14-16,18-19,31H,3,6-13,17H2,1-2H3,(H,29,35). The molecule has 3 aliphatic heterocycles. The van der Waals surface area contributed by atoms with Gasteiger partial charge >= 0.3 is 0 Å². The molecular formula is C28H35N5O2. The summed E-state index contributed by atoms with van der Waals surface area (Å²) in [6, 6.07) is 7.34. The molecule has 2 N–H and O–H groups in total. The molecule has 6 rings (SSSR count). The molecule has 3 fully saturated rings. The molecule has 0 saturated carbocycles. The van der Waals surface area contributed by atoms with Crippen LogP contribution in [0.3, 0.4) is 0 Å². The van der Waals surface area contributed by atoms with Gasteiger partial charge in [-0.2, -0.15) is 0 Å². The van der Waals surface area contributed by atoms with Crippen LogP contribution >= 0.6 is 0 Å². The number of pyridine rings is 1. The highest BCUT2D eigenvalue weighted by molar-refractivity contribution is 6.16. The van der Waals surface area contributed by atoms with E-state index in [0.717, 1.165) is 79.4 Å². The smallest absolute Gasteiger partial charge is 0.228 e. The summed E-state index contributed by atoms with van der Waals surface area (Å²) in [7, 11) is 0. The Morgan fingerprint density at radius 3 is 2.71 bits per heavy atom. The van der Waals surface area contributed by atoms with Crippen molar-refractivity contribution in [3.8, 4) is 0 Å². The Bertz CT molecular complexity index is 1290. The van der Waals surface area contributed by atoms with Crippen LogP contribution in [0.5, 0.6) is 0 Å². The minimum Gasteiger partial charge on any atom is -0.356 e. The quantitative estimate of drug-likeness (QED) is 0.555. The van der Waals surface area contributed by atoms with E-state index in [1.165, 1.54) is 18.4 Å². The lowest BCUT2D eigenvalue weighted by Gasteiger charge is -2.39. The average molecular weight is 474 g/mol. The number of aromatic amines is 1. The fourth-order valence-electron chi connectivity index (χ4n) is 6.67. The van der Waals surface area contributed by atoms with Crippen LogP contribution in [-0.2, 0) is 4.79 Å². The van der Waals surface area contributed by atoms with Crippen molar-refractivity contribution in [3.63, 3.8) is 0 Å². The molecule has 3 aliphatic rings. The predicted octanol–water partition coefficient (Wildman–Crippen LogP) is 4.22. The van der Waals surface area contributed by atoms with Gasteiger partial charge in [0.05, 0.1) is 21.9 Å². The van der Waals surface area contributed by atoms with Crippen LogP contribution in [0, 0.1) is 5.41 Å². The first-order chi connectivity index (χ1) is 17.0. The summed E-state index contributed by atoms with van der Waals surface area (Å²) >= 11 is 0. The van der Waals surface area contributed by atoms with Gasteiger partial charge in [-0.25, -0.2) is 4.98 Å². The zero-order valence-electron chi connectivity index (χ0n) is 20.8. The van der Waals surface area contributed by atoms with Crippen LogP contribution in [-0.4, -0.2) is 65.8 Å². The number of amides is 1. The second-order valence-electron chi connectivity index (χ2n) is 11.1. The topological polar surface area (TPSA) is 81.3 Å². The third-order valence-electron chi connectivity index (χ3n) is 8.77. The highest BCUT2D eigenvalue weighted by Crippen LogP contribution is 2.42. The first kappa shape index (κ1) is 22.5. The van der Waals surface area contributed by atoms with Crippen molar-refractivity contribution >= 4 is 39.8 Å². The summed E-state index contributed by atoms with van der Waals surface area (Å²) in [5, 5.41) is 5.19. The molecule has 0 radical (unpaired) electrons. The first-order valence-corrected chi connectivity index (χ1v) is 13.2. The summed E-state index contributed by atoms with van der Waals surface area (Å²) in [5.74, 6) is 1.62. The maximum Gasteiger partial charge on any atom is 0.228 e. The van der Waals surface area contributed by atoms with E-state index < -0.39 is 0 Å². The van der Waals surface area contributed by atoms with Crippen molar-refractivity contribution in [2.45, 2.75) is 57.9 Å². The van der Waals surface area contributed by atoms with Crippen LogP contribution < -0.4 is 10.2 Å². The van der Waals surface area contributed by atoms with E-state index in [2.05, 4.69) is 52.1 Å². The lowest BCUT2D eigenvalue weighted by atomic mass is 9.78. The van der Waals surface area contributed by atoms with Crippen molar-refractivity contribution in [2.75, 3.05) is 37.6 Å². The zero-order chi connectivity index (χ0) is 24.2. The van der Waals surface area contributed by atoms with Crippen LogP contribution in [0.15, 0.2) is 24.4 Å². The molecule has 2 aromatic heterocycles. The van der Waals surface area contributed by atoms with Crippen LogP contribution in [0.2, 0.25) is 0 Å². The van der Waals surface area contributed by atoms with Gasteiger partial charge in [0.15, 0.2) is 6.29 Å². The number of benzene rings is 1. The van der Waals surface area contributed by atoms with E-state index >= 15 is 0 Å². The van der Waals surface area contributed by atoms with Gasteiger partial charge in [-0.3, -0.25) is 9.59 Å². The molecule has 0 bridgehead atoms. The van der Waals surface area contributed by atoms with E-state index in [4.69, 9.17) is 4.98 Å². The molecule has 3 aromatic rings. The molecule has 0 aliphatic carbocycles. The highest BCUT2D eigenvalue weighted by atomic mass is 16.2. The van der Waals surface area contributed by atoms with Crippen molar-refractivity contribution < 1.29 is 9.59 Å². The fourth-order valence-corrected chi connectivity index (χ4v) is 6.67. The number of carbonyl (C=O) groups excluding carboxylic acids is 2. The Labute approximate surface area is 206 Å². The van der Waals surface area contributed by atoms with Gasteiger partial charge in [0.2, 0.25) is 5.91 Å². The summed E-state index contributed by atoms with van der Waals surface area (Å²) < 4.78 is 0. The van der Waals surface area contributed by atoms with Gasteiger partial charge in [0.1, 0.15) is 5.82 Å². The SMILES string of the molecule is CC(C)N1CCC(c2ccc3[nH]c4c(C=O)cnc(N5CCCC6(CCNC6=O)C5)c4c3c2)CC1.